The van der Waals surface area contributed by atoms with Gasteiger partial charge in [0.2, 0.25) is 0 Å². The zero-order valence-electron chi connectivity index (χ0n) is 27.2. The van der Waals surface area contributed by atoms with E-state index >= 15 is 0 Å². The van der Waals surface area contributed by atoms with Crippen molar-refractivity contribution in [3.05, 3.63) is 164 Å². The molecular formula is C38H36N6O4. The van der Waals surface area contributed by atoms with Crippen LogP contribution in [0.4, 0.5) is 0 Å². The Morgan fingerprint density at radius 3 is 1.25 bits per heavy atom. The molecule has 0 bridgehead atoms. The zero-order chi connectivity index (χ0) is 33.6. The average molecular weight is 641 g/mol. The van der Waals surface area contributed by atoms with Gasteiger partial charge in [-0.25, -0.2) is 9.36 Å². The SMILES string of the molecule is COc1ccc(-n2[nH]c(C)c(C(=NCCN=C(c3ccccc3)c3c(C)[nH]n(-c4ccc(OC)cc4)c3=O)c3ccccc3)c2=O)cc1. The summed E-state index contributed by atoms with van der Waals surface area (Å²) in [7, 11) is 3.21. The number of H-pyrrole nitrogens is 2. The van der Waals surface area contributed by atoms with E-state index in [1.165, 1.54) is 9.36 Å². The van der Waals surface area contributed by atoms with Crippen LogP contribution in [0.2, 0.25) is 0 Å². The average Bonchev–Trinajstić information content (AvgIpc) is 3.59. The number of hydrogen-bond acceptors (Lipinski definition) is 6. The fourth-order valence-corrected chi connectivity index (χ4v) is 5.62. The van der Waals surface area contributed by atoms with Crippen molar-refractivity contribution in [2.45, 2.75) is 13.8 Å². The Balaban J connectivity index is 1.37. The van der Waals surface area contributed by atoms with E-state index in [-0.39, 0.29) is 24.2 Å². The molecule has 10 nitrogen and oxygen atoms in total. The summed E-state index contributed by atoms with van der Waals surface area (Å²) < 4.78 is 13.6. The van der Waals surface area contributed by atoms with Crippen LogP contribution in [0.1, 0.15) is 33.6 Å². The van der Waals surface area contributed by atoms with Gasteiger partial charge in [-0.15, -0.1) is 0 Å². The van der Waals surface area contributed by atoms with Crippen molar-refractivity contribution in [2.75, 3.05) is 27.3 Å². The second-order valence-electron chi connectivity index (χ2n) is 11.1. The van der Waals surface area contributed by atoms with Crippen LogP contribution < -0.4 is 20.6 Å². The van der Waals surface area contributed by atoms with Crippen molar-refractivity contribution in [1.82, 2.24) is 19.6 Å². The highest BCUT2D eigenvalue weighted by atomic mass is 16.5. The quantitative estimate of drug-likeness (QED) is 0.140. The molecule has 48 heavy (non-hydrogen) atoms. The monoisotopic (exact) mass is 640 g/mol. The molecule has 0 aliphatic heterocycles. The second kappa shape index (κ2) is 14.1. The summed E-state index contributed by atoms with van der Waals surface area (Å²) >= 11 is 0. The summed E-state index contributed by atoms with van der Waals surface area (Å²) in [5.41, 5.74) is 6.04. The largest absolute Gasteiger partial charge is 0.497 e. The lowest BCUT2D eigenvalue weighted by Crippen LogP contribution is -2.22. The number of aromatic amines is 2. The minimum atomic E-state index is -0.212. The van der Waals surface area contributed by atoms with Crippen LogP contribution in [0.15, 0.2) is 129 Å². The van der Waals surface area contributed by atoms with Crippen molar-refractivity contribution in [3.63, 3.8) is 0 Å². The molecule has 0 saturated carbocycles. The lowest BCUT2D eigenvalue weighted by Gasteiger charge is -2.07. The predicted octanol–water partition coefficient (Wildman–Crippen LogP) is 5.65. The smallest absolute Gasteiger partial charge is 0.280 e. The lowest BCUT2D eigenvalue weighted by molar-refractivity contribution is 0.414. The number of nitrogens with one attached hydrogen (secondary N) is 2. The molecule has 2 heterocycles. The first-order valence-corrected chi connectivity index (χ1v) is 15.5. The number of nitrogens with zero attached hydrogens (tertiary/aromatic N) is 4. The van der Waals surface area contributed by atoms with Gasteiger partial charge in [0.1, 0.15) is 11.5 Å². The minimum absolute atomic E-state index is 0.212. The van der Waals surface area contributed by atoms with Gasteiger partial charge in [0.25, 0.3) is 11.1 Å². The van der Waals surface area contributed by atoms with Gasteiger partial charge < -0.3 is 9.47 Å². The lowest BCUT2D eigenvalue weighted by atomic mass is 10.0. The number of methoxy groups -OCH3 is 2. The number of ether oxygens (including phenoxy) is 2. The fourth-order valence-electron chi connectivity index (χ4n) is 5.62. The third kappa shape index (κ3) is 6.41. The molecule has 0 saturated heterocycles. The molecule has 0 spiro atoms. The second-order valence-corrected chi connectivity index (χ2v) is 11.1. The van der Waals surface area contributed by atoms with E-state index in [4.69, 9.17) is 19.5 Å². The molecule has 0 radical (unpaired) electrons. The van der Waals surface area contributed by atoms with Crippen LogP contribution in [0.3, 0.4) is 0 Å². The Labute approximate surface area is 277 Å². The fraction of sp³-hybridized carbons (Fsp3) is 0.158. The molecule has 2 aromatic heterocycles. The third-order valence-corrected chi connectivity index (χ3v) is 8.01. The number of aromatic nitrogens is 4. The molecule has 0 amide bonds. The maximum Gasteiger partial charge on any atom is 0.280 e. The first kappa shape index (κ1) is 31.8. The number of rotatable bonds is 11. The number of benzene rings is 4. The summed E-state index contributed by atoms with van der Waals surface area (Å²) in [4.78, 5) is 37.6. The molecule has 242 valence electrons. The van der Waals surface area contributed by atoms with E-state index in [1.54, 1.807) is 14.2 Å². The van der Waals surface area contributed by atoms with Crippen molar-refractivity contribution in [3.8, 4) is 22.9 Å². The van der Waals surface area contributed by atoms with Gasteiger partial charge in [-0.2, -0.15) is 0 Å². The van der Waals surface area contributed by atoms with Gasteiger partial charge in [-0.1, -0.05) is 60.7 Å². The highest BCUT2D eigenvalue weighted by Crippen LogP contribution is 2.18. The van der Waals surface area contributed by atoms with Crippen LogP contribution in [0.5, 0.6) is 11.5 Å². The number of hydrogen-bond donors (Lipinski definition) is 2. The standard InChI is InChI=1S/C38H36N6O4/c1-25-33(37(45)43(41-25)29-15-19-31(47-3)20-16-29)35(27-11-7-5-8-12-27)39-23-24-40-36(28-13-9-6-10-14-28)34-26(2)42-44(38(34)46)30-17-21-32(48-4)22-18-30/h5-22,41-42H,23-24H2,1-4H3. The molecule has 0 unspecified atom stereocenters. The van der Waals surface area contributed by atoms with Crippen LogP contribution in [0, 0.1) is 13.8 Å². The van der Waals surface area contributed by atoms with Gasteiger partial charge in [-0.05, 0) is 62.4 Å². The highest BCUT2D eigenvalue weighted by Gasteiger charge is 2.21. The van der Waals surface area contributed by atoms with Crippen LogP contribution in [-0.4, -0.2) is 58.3 Å². The molecule has 6 rings (SSSR count). The van der Waals surface area contributed by atoms with Crippen molar-refractivity contribution in [2.24, 2.45) is 9.98 Å². The van der Waals surface area contributed by atoms with Gasteiger partial charge in [0.05, 0.1) is 61.2 Å². The number of aryl methyl sites for hydroxylation is 2. The molecule has 6 aromatic rings. The Morgan fingerprint density at radius 2 is 0.917 bits per heavy atom. The molecule has 4 aromatic carbocycles. The maximum atomic E-state index is 13.8. The van der Waals surface area contributed by atoms with Crippen LogP contribution in [-0.2, 0) is 0 Å². The van der Waals surface area contributed by atoms with E-state index in [1.807, 2.05) is 123 Å². The molecule has 0 fully saturated rings. The van der Waals surface area contributed by atoms with Gasteiger partial charge in [0, 0.05) is 22.5 Å². The molecule has 0 aliphatic rings. The Kier molecular flexibility index (Phi) is 9.33. The van der Waals surface area contributed by atoms with E-state index in [0.717, 1.165) is 11.1 Å². The first-order valence-electron chi connectivity index (χ1n) is 15.5. The predicted molar refractivity (Wildman–Crippen MR) is 189 cm³/mol. The van der Waals surface area contributed by atoms with Crippen molar-refractivity contribution < 1.29 is 9.47 Å². The van der Waals surface area contributed by atoms with E-state index in [0.29, 0.717) is 56.8 Å². The summed E-state index contributed by atoms with van der Waals surface area (Å²) in [5, 5.41) is 6.42. The summed E-state index contributed by atoms with van der Waals surface area (Å²) in [6.45, 7) is 4.29. The topological polar surface area (TPSA) is 119 Å². The summed E-state index contributed by atoms with van der Waals surface area (Å²) in [6, 6.07) is 33.8. The molecular weight excluding hydrogens is 604 g/mol. The van der Waals surface area contributed by atoms with Crippen LogP contribution >= 0.6 is 0 Å². The Bertz CT molecular complexity index is 2030. The normalized spacial score (nSPS) is 11.9. The highest BCUT2D eigenvalue weighted by molar-refractivity contribution is 6.14. The molecule has 0 atom stereocenters. The first-order chi connectivity index (χ1) is 23.4. The molecule has 2 N–H and O–H groups in total. The Morgan fingerprint density at radius 1 is 0.562 bits per heavy atom. The van der Waals surface area contributed by atoms with Crippen molar-refractivity contribution >= 4 is 11.4 Å². The van der Waals surface area contributed by atoms with Gasteiger partial charge >= 0.3 is 0 Å². The molecule has 0 aliphatic carbocycles. The third-order valence-electron chi connectivity index (χ3n) is 8.01. The van der Waals surface area contributed by atoms with E-state index in [2.05, 4.69) is 10.2 Å². The Hall–Kier alpha value is -6.16. The number of aliphatic imine (C=N–C) groups is 2. The minimum Gasteiger partial charge on any atom is -0.497 e. The maximum absolute atomic E-state index is 13.8. The van der Waals surface area contributed by atoms with Crippen molar-refractivity contribution in [1.29, 1.82) is 0 Å². The van der Waals surface area contributed by atoms with Gasteiger partial charge in [0.15, 0.2) is 0 Å². The summed E-state index contributed by atoms with van der Waals surface area (Å²) in [5.74, 6) is 1.40. The van der Waals surface area contributed by atoms with E-state index < -0.39 is 0 Å². The van der Waals surface area contributed by atoms with E-state index in [9.17, 15) is 9.59 Å². The van der Waals surface area contributed by atoms with Crippen LogP contribution in [0.25, 0.3) is 11.4 Å². The summed E-state index contributed by atoms with van der Waals surface area (Å²) in [6.07, 6.45) is 0. The molecule has 10 heteroatoms. The van der Waals surface area contributed by atoms with Gasteiger partial charge in [-0.3, -0.25) is 29.8 Å². The zero-order valence-corrected chi connectivity index (χ0v) is 27.2.